The number of carbonyl (C=O) groups is 1. The molecule has 0 fully saturated rings. The number of rotatable bonds is 3. The smallest absolute Gasteiger partial charge is 0.224 e. The summed E-state index contributed by atoms with van der Waals surface area (Å²) in [5.41, 5.74) is 3.89. The van der Waals surface area contributed by atoms with Gasteiger partial charge in [0.15, 0.2) is 5.65 Å². The Kier molecular flexibility index (Phi) is 6.39. The van der Waals surface area contributed by atoms with Gasteiger partial charge in [-0.05, 0) is 43.2 Å². The predicted molar refractivity (Wildman–Crippen MR) is 107 cm³/mol. The van der Waals surface area contributed by atoms with Gasteiger partial charge in [0.2, 0.25) is 11.9 Å². The average Bonchev–Trinajstić information content (AvgIpc) is 2.64. The van der Waals surface area contributed by atoms with Crippen molar-refractivity contribution in [3.8, 4) is 11.1 Å². The second-order valence-electron chi connectivity index (χ2n) is 5.81. The van der Waals surface area contributed by atoms with E-state index in [-0.39, 0.29) is 11.6 Å². The molecule has 0 aliphatic heterocycles. The van der Waals surface area contributed by atoms with E-state index in [0.717, 1.165) is 27.8 Å². The van der Waals surface area contributed by atoms with Crippen molar-refractivity contribution in [2.24, 2.45) is 0 Å². The Morgan fingerprint density at radius 3 is 2.41 bits per heavy atom. The zero-order chi connectivity index (χ0) is 20.1. The molecule has 3 aromatic rings. The van der Waals surface area contributed by atoms with Gasteiger partial charge in [0, 0.05) is 36.8 Å². The number of carbonyl (C=O) groups excluding carboxylic acids is 1. The molecule has 0 saturated heterocycles. The van der Waals surface area contributed by atoms with Gasteiger partial charge in [-0.25, -0.2) is 14.4 Å². The molecule has 7 heteroatoms. The molecule has 1 aromatic carbocycles. The van der Waals surface area contributed by atoms with E-state index in [1.165, 1.54) is 13.0 Å². The molecule has 0 unspecified atom stereocenters. The summed E-state index contributed by atoms with van der Waals surface area (Å²) >= 11 is 0. The fraction of sp³-hybridized carbons (Fsp3) is 0.300. The number of hydrogen-bond acceptors (Lipinski definition) is 5. The Morgan fingerprint density at radius 2 is 1.78 bits per heavy atom. The largest absolute Gasteiger partial charge is 0.357 e. The van der Waals surface area contributed by atoms with E-state index < -0.39 is 5.82 Å². The van der Waals surface area contributed by atoms with Crippen LogP contribution in [0.3, 0.4) is 0 Å². The number of aryl methyl sites for hydroxylation is 2. The first-order valence-corrected chi connectivity index (χ1v) is 8.79. The zero-order valence-corrected chi connectivity index (χ0v) is 16.4. The van der Waals surface area contributed by atoms with Gasteiger partial charge in [0.25, 0.3) is 0 Å². The lowest BCUT2D eigenvalue weighted by Gasteiger charge is -2.13. The monoisotopic (exact) mass is 369 g/mol. The Morgan fingerprint density at radius 1 is 1.07 bits per heavy atom. The summed E-state index contributed by atoms with van der Waals surface area (Å²) in [5.74, 6) is -0.294. The number of halogens is 1. The lowest BCUT2D eigenvalue weighted by Crippen LogP contribution is -2.08. The topological polar surface area (TPSA) is 79.8 Å². The van der Waals surface area contributed by atoms with Gasteiger partial charge >= 0.3 is 0 Å². The van der Waals surface area contributed by atoms with E-state index in [1.807, 2.05) is 33.8 Å². The third-order valence-electron chi connectivity index (χ3n) is 3.90. The van der Waals surface area contributed by atoms with Crippen molar-refractivity contribution < 1.29 is 9.18 Å². The third kappa shape index (κ3) is 4.36. The van der Waals surface area contributed by atoms with Gasteiger partial charge in [-0.3, -0.25) is 4.79 Å². The summed E-state index contributed by atoms with van der Waals surface area (Å²) in [6.07, 6.45) is 1.69. The Balaban J connectivity index is 0.00000126. The van der Waals surface area contributed by atoms with Crippen molar-refractivity contribution in [1.82, 2.24) is 15.0 Å². The first-order valence-electron chi connectivity index (χ1n) is 8.79. The molecular formula is C20H24FN5O. The molecule has 0 atom stereocenters. The standard InChI is InChI=1S/C18H18FN5O.C2H6/c1-9-5-15(19)16(23-11(3)25)7-13(9)14-6-12-8-21-18(20-4)24-17(12)22-10(14)2;1-2/h5-8H,1-4H3,(H,23,25)(H,20,21,22,24);1-2H3. The molecule has 142 valence electrons. The third-order valence-corrected chi connectivity index (χ3v) is 3.90. The molecule has 0 spiro atoms. The summed E-state index contributed by atoms with van der Waals surface area (Å²) in [6.45, 7) is 9.04. The Bertz CT molecular complexity index is 988. The highest BCUT2D eigenvalue weighted by Gasteiger charge is 2.14. The normalized spacial score (nSPS) is 10.2. The molecule has 0 saturated carbocycles. The number of pyridine rings is 1. The number of anilines is 2. The van der Waals surface area contributed by atoms with Crippen molar-refractivity contribution in [1.29, 1.82) is 0 Å². The predicted octanol–water partition coefficient (Wildman–Crippen LogP) is 4.47. The van der Waals surface area contributed by atoms with Crippen LogP contribution in [0.1, 0.15) is 32.0 Å². The summed E-state index contributed by atoms with van der Waals surface area (Å²) in [7, 11) is 1.74. The van der Waals surface area contributed by atoms with Crippen LogP contribution >= 0.6 is 0 Å². The zero-order valence-electron chi connectivity index (χ0n) is 16.4. The van der Waals surface area contributed by atoms with Crippen LogP contribution in [0, 0.1) is 19.7 Å². The molecule has 0 bridgehead atoms. The number of nitrogens with one attached hydrogen (secondary N) is 2. The van der Waals surface area contributed by atoms with Gasteiger partial charge in [-0.1, -0.05) is 13.8 Å². The molecule has 0 aliphatic carbocycles. The van der Waals surface area contributed by atoms with Crippen LogP contribution in [-0.4, -0.2) is 27.9 Å². The molecule has 6 nitrogen and oxygen atoms in total. The quantitative estimate of drug-likeness (QED) is 0.712. The second kappa shape index (κ2) is 8.53. The minimum Gasteiger partial charge on any atom is -0.357 e. The molecule has 2 aromatic heterocycles. The van der Waals surface area contributed by atoms with E-state index in [1.54, 1.807) is 19.3 Å². The van der Waals surface area contributed by atoms with Crippen LogP contribution in [0.2, 0.25) is 0 Å². The Hall–Kier alpha value is -3.09. The van der Waals surface area contributed by atoms with Gasteiger partial charge in [-0.2, -0.15) is 4.98 Å². The lowest BCUT2D eigenvalue weighted by molar-refractivity contribution is -0.114. The maximum atomic E-state index is 14.1. The van der Waals surface area contributed by atoms with E-state index in [9.17, 15) is 9.18 Å². The van der Waals surface area contributed by atoms with Crippen LogP contribution < -0.4 is 10.6 Å². The number of fused-ring (bicyclic) bond motifs is 1. The van der Waals surface area contributed by atoms with Crippen LogP contribution in [0.5, 0.6) is 0 Å². The van der Waals surface area contributed by atoms with Gasteiger partial charge in [-0.15, -0.1) is 0 Å². The van der Waals surface area contributed by atoms with Crippen LogP contribution in [0.15, 0.2) is 24.4 Å². The van der Waals surface area contributed by atoms with Crippen molar-refractivity contribution in [2.75, 3.05) is 17.7 Å². The molecule has 2 N–H and O–H groups in total. The van der Waals surface area contributed by atoms with Crippen LogP contribution in [0.25, 0.3) is 22.2 Å². The summed E-state index contributed by atoms with van der Waals surface area (Å²) < 4.78 is 14.1. The number of hydrogen-bond donors (Lipinski definition) is 2. The molecular weight excluding hydrogens is 345 g/mol. The number of aromatic nitrogens is 3. The Labute approximate surface area is 158 Å². The van der Waals surface area contributed by atoms with Gasteiger partial charge < -0.3 is 10.6 Å². The highest BCUT2D eigenvalue weighted by atomic mass is 19.1. The molecule has 3 rings (SSSR count). The summed E-state index contributed by atoms with van der Waals surface area (Å²) in [6, 6.07) is 4.96. The number of benzene rings is 1. The highest BCUT2D eigenvalue weighted by molar-refractivity contribution is 5.91. The molecule has 1 amide bonds. The maximum Gasteiger partial charge on any atom is 0.224 e. The second-order valence-corrected chi connectivity index (χ2v) is 5.81. The first kappa shape index (κ1) is 20.2. The van der Waals surface area contributed by atoms with Gasteiger partial charge in [0.1, 0.15) is 5.82 Å². The summed E-state index contributed by atoms with van der Waals surface area (Å²) in [4.78, 5) is 24.4. The van der Waals surface area contributed by atoms with Crippen molar-refractivity contribution in [3.63, 3.8) is 0 Å². The van der Waals surface area contributed by atoms with Crippen molar-refractivity contribution >= 4 is 28.6 Å². The van der Waals surface area contributed by atoms with Crippen molar-refractivity contribution in [2.45, 2.75) is 34.6 Å². The molecule has 0 radical (unpaired) electrons. The van der Waals surface area contributed by atoms with E-state index in [2.05, 4.69) is 25.6 Å². The minimum atomic E-state index is -0.468. The molecule has 0 aliphatic rings. The molecule has 2 heterocycles. The maximum absolute atomic E-state index is 14.1. The van der Waals surface area contributed by atoms with E-state index >= 15 is 0 Å². The minimum absolute atomic E-state index is 0.148. The van der Waals surface area contributed by atoms with Crippen molar-refractivity contribution in [3.05, 3.63) is 41.5 Å². The van der Waals surface area contributed by atoms with Gasteiger partial charge in [0.05, 0.1) is 5.69 Å². The van der Waals surface area contributed by atoms with E-state index in [4.69, 9.17) is 0 Å². The molecule has 27 heavy (non-hydrogen) atoms. The first-order chi connectivity index (χ1) is 12.9. The fourth-order valence-electron chi connectivity index (χ4n) is 2.69. The number of nitrogens with zero attached hydrogens (tertiary/aromatic N) is 3. The average molecular weight is 369 g/mol. The lowest BCUT2D eigenvalue weighted by atomic mass is 9.97. The van der Waals surface area contributed by atoms with E-state index in [0.29, 0.717) is 11.6 Å². The fourth-order valence-corrected chi connectivity index (χ4v) is 2.69. The summed E-state index contributed by atoms with van der Waals surface area (Å²) in [5, 5.41) is 6.18. The highest BCUT2D eigenvalue weighted by Crippen LogP contribution is 2.32. The SMILES string of the molecule is CC.CNc1ncc2cc(-c3cc(NC(C)=O)c(F)cc3C)c(C)nc2n1. The van der Waals surface area contributed by atoms with Crippen LogP contribution in [-0.2, 0) is 4.79 Å². The van der Waals surface area contributed by atoms with Crippen LogP contribution in [0.4, 0.5) is 16.0 Å². The number of amides is 1.